The maximum atomic E-state index is 11.5. The predicted molar refractivity (Wildman–Crippen MR) is 86.3 cm³/mol. The fourth-order valence-corrected chi connectivity index (χ4v) is 2.60. The van der Waals surface area contributed by atoms with Crippen molar-refractivity contribution in [2.75, 3.05) is 7.11 Å². The molecule has 1 N–H and O–H groups in total. The summed E-state index contributed by atoms with van der Waals surface area (Å²) in [5, 5.41) is 9.98. The van der Waals surface area contributed by atoms with Gasteiger partial charge in [-0.3, -0.25) is 4.98 Å². The average Bonchev–Trinajstić information content (AvgIpc) is 3.04. The zero-order valence-corrected chi connectivity index (χ0v) is 12.5. The molecule has 0 saturated carbocycles. The van der Waals surface area contributed by atoms with E-state index in [0.717, 1.165) is 4.88 Å². The standard InChI is InChI=1S/C16H12N2O3S/c1-21-11-3-5-15-13(7-11)14(16(19)20)6-10(18-15)2-4-12-8-17-9-22-12/h2-9H,1H3,(H,19,20)/b4-2+. The number of aromatic carboxylic acids is 1. The second-order valence-corrected chi connectivity index (χ2v) is 5.44. The molecule has 0 radical (unpaired) electrons. The van der Waals surface area contributed by atoms with Crippen LogP contribution in [-0.4, -0.2) is 28.2 Å². The van der Waals surface area contributed by atoms with Crippen LogP contribution in [0.25, 0.3) is 23.1 Å². The van der Waals surface area contributed by atoms with Crippen molar-refractivity contribution in [3.63, 3.8) is 0 Å². The fourth-order valence-electron chi connectivity index (χ4n) is 2.09. The van der Waals surface area contributed by atoms with Gasteiger partial charge in [0.25, 0.3) is 0 Å². The molecule has 2 aromatic heterocycles. The van der Waals surface area contributed by atoms with E-state index in [1.807, 2.05) is 6.08 Å². The zero-order chi connectivity index (χ0) is 15.5. The zero-order valence-electron chi connectivity index (χ0n) is 11.7. The molecule has 110 valence electrons. The van der Waals surface area contributed by atoms with Crippen molar-refractivity contribution in [3.05, 3.63) is 52.1 Å². The summed E-state index contributed by atoms with van der Waals surface area (Å²) in [5.41, 5.74) is 3.14. The molecule has 3 rings (SSSR count). The Bertz CT molecular complexity index is 857. The van der Waals surface area contributed by atoms with Crippen molar-refractivity contribution >= 4 is 40.4 Å². The van der Waals surface area contributed by atoms with Crippen molar-refractivity contribution in [1.29, 1.82) is 0 Å². The number of rotatable bonds is 4. The Labute approximate surface area is 130 Å². The van der Waals surface area contributed by atoms with Crippen LogP contribution < -0.4 is 4.74 Å². The van der Waals surface area contributed by atoms with E-state index in [9.17, 15) is 9.90 Å². The minimum absolute atomic E-state index is 0.202. The molecule has 22 heavy (non-hydrogen) atoms. The Kier molecular flexibility index (Phi) is 3.84. The van der Waals surface area contributed by atoms with Gasteiger partial charge < -0.3 is 9.84 Å². The van der Waals surface area contributed by atoms with Crippen LogP contribution in [0.4, 0.5) is 0 Å². The number of ether oxygens (including phenoxy) is 1. The van der Waals surface area contributed by atoms with Gasteiger partial charge in [0.1, 0.15) is 5.75 Å². The second-order valence-electron chi connectivity index (χ2n) is 4.52. The SMILES string of the molecule is COc1ccc2nc(/C=C/c3cncs3)cc(C(=O)O)c2c1. The van der Waals surface area contributed by atoms with E-state index in [2.05, 4.69) is 9.97 Å². The first kappa shape index (κ1) is 14.2. The molecule has 0 amide bonds. The molecule has 0 aliphatic heterocycles. The Morgan fingerprint density at radius 1 is 1.32 bits per heavy atom. The van der Waals surface area contributed by atoms with Gasteiger partial charge in [-0.05, 0) is 36.4 Å². The summed E-state index contributed by atoms with van der Waals surface area (Å²) in [7, 11) is 1.54. The molecular weight excluding hydrogens is 300 g/mol. The molecule has 3 aromatic rings. The molecule has 1 aromatic carbocycles. The van der Waals surface area contributed by atoms with E-state index in [0.29, 0.717) is 22.3 Å². The summed E-state index contributed by atoms with van der Waals surface area (Å²) >= 11 is 1.50. The van der Waals surface area contributed by atoms with Crippen LogP contribution in [0.3, 0.4) is 0 Å². The minimum Gasteiger partial charge on any atom is -0.497 e. The number of aromatic nitrogens is 2. The van der Waals surface area contributed by atoms with Gasteiger partial charge in [-0.15, -0.1) is 11.3 Å². The summed E-state index contributed by atoms with van der Waals surface area (Å²) in [6, 6.07) is 6.76. The largest absolute Gasteiger partial charge is 0.497 e. The Balaban J connectivity index is 2.11. The van der Waals surface area contributed by atoms with E-state index in [-0.39, 0.29) is 5.56 Å². The van der Waals surface area contributed by atoms with Gasteiger partial charge in [0.15, 0.2) is 0 Å². The molecule has 0 bridgehead atoms. The Morgan fingerprint density at radius 3 is 2.86 bits per heavy atom. The lowest BCUT2D eigenvalue weighted by Crippen LogP contribution is -2.00. The number of thiazole rings is 1. The van der Waals surface area contributed by atoms with Gasteiger partial charge in [0.05, 0.1) is 29.4 Å². The van der Waals surface area contributed by atoms with Crippen LogP contribution in [0.2, 0.25) is 0 Å². The molecule has 0 spiro atoms. The number of carbonyl (C=O) groups is 1. The van der Waals surface area contributed by atoms with Crippen LogP contribution in [-0.2, 0) is 0 Å². The first-order chi connectivity index (χ1) is 10.7. The molecule has 6 heteroatoms. The number of hydrogen-bond acceptors (Lipinski definition) is 5. The van der Waals surface area contributed by atoms with Crippen LogP contribution in [0.15, 0.2) is 36.0 Å². The van der Waals surface area contributed by atoms with E-state index in [1.54, 1.807) is 49.2 Å². The lowest BCUT2D eigenvalue weighted by molar-refractivity contribution is 0.0699. The molecule has 0 fully saturated rings. The van der Waals surface area contributed by atoms with Crippen LogP contribution in [0.5, 0.6) is 5.75 Å². The van der Waals surface area contributed by atoms with Crippen molar-refractivity contribution < 1.29 is 14.6 Å². The van der Waals surface area contributed by atoms with Crippen LogP contribution in [0.1, 0.15) is 20.9 Å². The van der Waals surface area contributed by atoms with Gasteiger partial charge >= 0.3 is 5.97 Å². The summed E-state index contributed by atoms with van der Waals surface area (Å²) in [6.45, 7) is 0. The highest BCUT2D eigenvalue weighted by molar-refractivity contribution is 7.10. The molecule has 0 aliphatic rings. The molecular formula is C16H12N2O3S. The third-order valence-corrected chi connectivity index (χ3v) is 3.88. The van der Waals surface area contributed by atoms with Gasteiger partial charge in [-0.1, -0.05) is 0 Å². The van der Waals surface area contributed by atoms with Gasteiger partial charge in [0.2, 0.25) is 0 Å². The molecule has 5 nitrogen and oxygen atoms in total. The molecule has 0 unspecified atom stereocenters. The molecule has 0 saturated heterocycles. The smallest absolute Gasteiger partial charge is 0.336 e. The predicted octanol–water partition coefficient (Wildman–Crippen LogP) is 3.57. The van der Waals surface area contributed by atoms with Gasteiger partial charge in [0, 0.05) is 16.5 Å². The van der Waals surface area contributed by atoms with Crippen molar-refractivity contribution in [2.45, 2.75) is 0 Å². The number of nitrogens with zero attached hydrogens (tertiary/aromatic N) is 2. The maximum absolute atomic E-state index is 11.5. The first-order valence-electron chi connectivity index (χ1n) is 6.46. The van der Waals surface area contributed by atoms with Gasteiger partial charge in [-0.25, -0.2) is 9.78 Å². The Morgan fingerprint density at radius 2 is 2.18 bits per heavy atom. The quantitative estimate of drug-likeness (QED) is 0.797. The molecule has 2 heterocycles. The average molecular weight is 312 g/mol. The topological polar surface area (TPSA) is 72.3 Å². The highest BCUT2D eigenvalue weighted by atomic mass is 32.1. The fraction of sp³-hybridized carbons (Fsp3) is 0.0625. The third-order valence-electron chi connectivity index (χ3n) is 3.14. The van der Waals surface area contributed by atoms with Crippen molar-refractivity contribution in [1.82, 2.24) is 9.97 Å². The van der Waals surface area contributed by atoms with Crippen LogP contribution >= 0.6 is 11.3 Å². The van der Waals surface area contributed by atoms with E-state index >= 15 is 0 Å². The number of benzene rings is 1. The number of fused-ring (bicyclic) bond motifs is 1. The number of carboxylic acids is 1. The lowest BCUT2D eigenvalue weighted by atomic mass is 10.1. The second kappa shape index (κ2) is 5.95. The minimum atomic E-state index is -0.993. The highest BCUT2D eigenvalue weighted by Gasteiger charge is 2.12. The van der Waals surface area contributed by atoms with Gasteiger partial charge in [-0.2, -0.15) is 0 Å². The van der Waals surface area contributed by atoms with Crippen molar-refractivity contribution in [2.24, 2.45) is 0 Å². The highest BCUT2D eigenvalue weighted by Crippen LogP contribution is 2.24. The summed E-state index contributed by atoms with van der Waals surface area (Å²) in [6.07, 6.45) is 5.38. The van der Waals surface area contributed by atoms with Crippen molar-refractivity contribution in [3.8, 4) is 5.75 Å². The first-order valence-corrected chi connectivity index (χ1v) is 7.34. The number of hydrogen-bond donors (Lipinski definition) is 1. The number of pyridine rings is 1. The number of carboxylic acid groups (broad SMARTS) is 1. The molecule has 0 atom stereocenters. The summed E-state index contributed by atoms with van der Waals surface area (Å²) < 4.78 is 5.14. The summed E-state index contributed by atoms with van der Waals surface area (Å²) in [4.78, 5) is 20.9. The maximum Gasteiger partial charge on any atom is 0.336 e. The third kappa shape index (κ3) is 2.82. The monoisotopic (exact) mass is 312 g/mol. The lowest BCUT2D eigenvalue weighted by Gasteiger charge is -2.06. The normalized spacial score (nSPS) is 11.1. The molecule has 0 aliphatic carbocycles. The van der Waals surface area contributed by atoms with E-state index in [1.165, 1.54) is 11.3 Å². The number of methoxy groups -OCH3 is 1. The van der Waals surface area contributed by atoms with E-state index in [4.69, 9.17) is 4.74 Å². The summed E-state index contributed by atoms with van der Waals surface area (Å²) in [5.74, 6) is -0.391. The van der Waals surface area contributed by atoms with E-state index < -0.39 is 5.97 Å². The Hall–Kier alpha value is -2.73. The van der Waals surface area contributed by atoms with Crippen LogP contribution in [0, 0.1) is 0 Å².